The number of nitrogens with zero attached hydrogens (tertiary/aromatic N) is 9. The number of hydrogen-bond acceptors (Lipinski definition) is 15. The van der Waals surface area contributed by atoms with Crippen LogP contribution in [0.1, 0.15) is 156 Å². The van der Waals surface area contributed by atoms with E-state index in [0.29, 0.717) is 39.0 Å². The maximum absolute atomic E-state index is 15.3. The quantitative estimate of drug-likeness (QED) is 0.131. The lowest BCUT2D eigenvalue weighted by Gasteiger charge is -2.41. The van der Waals surface area contributed by atoms with E-state index in [9.17, 15) is 33.9 Å². The van der Waals surface area contributed by atoms with Gasteiger partial charge < -0.3 is 65.4 Å². The van der Waals surface area contributed by atoms with E-state index in [1.54, 1.807) is 72.4 Å². The minimum absolute atomic E-state index is 0.0130. The van der Waals surface area contributed by atoms with Crippen molar-refractivity contribution in [3.8, 4) is 0 Å². The van der Waals surface area contributed by atoms with Crippen molar-refractivity contribution in [1.29, 1.82) is 0 Å². The van der Waals surface area contributed by atoms with Crippen molar-refractivity contribution in [1.82, 2.24) is 65.4 Å². The van der Waals surface area contributed by atoms with Crippen LogP contribution in [0.15, 0.2) is 12.2 Å². The molecule has 546 valence electrons. The van der Waals surface area contributed by atoms with Crippen LogP contribution in [0.3, 0.4) is 0 Å². The van der Waals surface area contributed by atoms with Gasteiger partial charge in [-0.15, -0.1) is 0 Å². The van der Waals surface area contributed by atoms with E-state index >= 15 is 28.8 Å². The van der Waals surface area contributed by atoms with Crippen LogP contribution in [0.5, 0.6) is 0 Å². The van der Waals surface area contributed by atoms with Crippen molar-refractivity contribution in [2.24, 2.45) is 41.4 Å². The van der Waals surface area contributed by atoms with Crippen LogP contribution in [0.4, 0.5) is 4.79 Å². The second-order valence-corrected chi connectivity index (χ2v) is 29.3. The first kappa shape index (κ1) is 83.3. The van der Waals surface area contributed by atoms with Gasteiger partial charge in [-0.3, -0.25) is 62.5 Å². The zero-order valence-corrected chi connectivity index (χ0v) is 62.3. The molecule has 27 nitrogen and oxygen atoms in total. The number of likely N-dealkylation sites (N-methyl/N-ethyl adjacent to an activating group) is 7. The molecule has 3 saturated heterocycles. The minimum atomic E-state index is -1.65. The van der Waals surface area contributed by atoms with Gasteiger partial charge in [-0.25, -0.2) is 4.79 Å². The first-order valence-electron chi connectivity index (χ1n) is 34.6. The predicted molar refractivity (Wildman–Crippen MR) is 366 cm³/mol. The Kier molecular flexibility index (Phi) is 32.3. The summed E-state index contributed by atoms with van der Waals surface area (Å²) in [5.74, 6) is -10.6. The van der Waals surface area contributed by atoms with E-state index in [0.717, 1.165) is 9.80 Å². The summed E-state index contributed by atoms with van der Waals surface area (Å²) in [6.45, 7) is 31.6. The molecule has 0 aromatic heterocycles. The van der Waals surface area contributed by atoms with Crippen molar-refractivity contribution in [3.05, 3.63) is 12.2 Å². The number of ether oxygens (including phenoxy) is 1. The number of carbonyl (C=O) groups is 12. The number of rotatable bonds is 17. The Bertz CT molecular complexity index is 2740. The number of cyclic esters (lactones) is 1. The van der Waals surface area contributed by atoms with Crippen molar-refractivity contribution in [2.45, 2.75) is 235 Å². The monoisotopic (exact) mass is 1360 g/mol. The van der Waals surface area contributed by atoms with Gasteiger partial charge in [0.1, 0.15) is 73.1 Å². The Morgan fingerprint density at radius 2 is 1.00 bits per heavy atom. The molecule has 5 N–H and O–H groups in total. The first-order valence-corrected chi connectivity index (χ1v) is 34.6. The summed E-state index contributed by atoms with van der Waals surface area (Å²) in [5.41, 5.74) is 0. The molecule has 0 aliphatic carbocycles. The fourth-order valence-corrected chi connectivity index (χ4v) is 13.1. The molecule has 3 aliphatic heterocycles. The third-order valence-corrected chi connectivity index (χ3v) is 19.4. The SMILES string of the molecule is C/C=C/C[C@@H](C)[C@@H](O)[C@H]1C(=O)N[C@@H](CC)C(=O)N(C)[C@H](C)C(=O)N(C)[C@@H]([C@H](C)CCN2CCN3C(=O)OC[C@@H]3C2)C(=O)N[C@@H](C(C)C)C(=O)N(C)[C@@H](CC(C)C)C(=O)N[C@@H](C)C(=O)N[C@H](C)C(=O)N(C)[C@@H](CC(C)C)C(=O)N(C)[C@@H](CC(C)C)C(=O)N(C)[C@@H](C(C)C)C(=O)N1C. The second-order valence-electron chi connectivity index (χ2n) is 29.3. The van der Waals surface area contributed by atoms with E-state index in [4.69, 9.17) is 4.74 Å². The molecule has 3 aliphatic rings. The molecule has 12 amide bonds. The van der Waals surface area contributed by atoms with E-state index in [1.807, 2.05) is 41.5 Å². The molecule has 0 radical (unpaired) electrons. The number of piperazine rings is 1. The van der Waals surface area contributed by atoms with Crippen LogP contribution in [0.25, 0.3) is 0 Å². The number of hydrogen-bond donors (Lipinski definition) is 5. The highest BCUT2D eigenvalue weighted by Crippen LogP contribution is 2.27. The first-order chi connectivity index (χ1) is 44.6. The number of allylic oxidation sites excluding steroid dienone is 2. The number of fused-ring (bicyclic) bond motifs is 1. The van der Waals surface area contributed by atoms with Crippen LogP contribution >= 0.6 is 0 Å². The number of aliphatic hydroxyl groups excluding tert-OH is 1. The Morgan fingerprint density at radius 1 is 0.510 bits per heavy atom. The van der Waals surface area contributed by atoms with Crippen LogP contribution in [0, 0.1) is 41.4 Å². The average molecular weight is 1360 g/mol. The summed E-state index contributed by atoms with van der Waals surface area (Å²) < 4.78 is 5.30. The van der Waals surface area contributed by atoms with E-state index in [1.165, 1.54) is 94.6 Å². The standard InChI is InChI=1S/C69H121N13O14/c1-25-27-28-44(14)57(83)56-61(87)72-49(26-2)64(90)74(18)47(17)63(89)79(23)55(43(13)29-30-81-31-32-82-48(36-81)37-96-69(82)95)60(86)73-53(41(9)10)67(93)75(19)50(33-38(3)4)59(85)70-45(15)58(84)71-46(16)62(88)76(20)51(34-39(5)6)65(91)77(21)52(35-40(7)8)66(92)78(22)54(42(11)12)68(94)80(56)24/h25,27,38-57,83H,26,28-37H2,1-24H3,(H,70,85)(H,71,84)(H,72,87)(H,73,86)/b27-25+/t43-,44-,45+,46-,47-,48+,49+,50+,51+,52+,53+,54+,55+,56+,57-/m1/s1. The minimum Gasteiger partial charge on any atom is -0.447 e. The average Bonchev–Trinajstić information content (AvgIpc) is 0.844. The largest absolute Gasteiger partial charge is 0.447 e. The topological polar surface area (TPSA) is 312 Å². The Morgan fingerprint density at radius 3 is 1.52 bits per heavy atom. The molecule has 0 aromatic carbocycles. The fraction of sp³-hybridized carbons (Fsp3) is 0.797. The molecule has 0 unspecified atom stereocenters. The van der Waals surface area contributed by atoms with Crippen LogP contribution in [0.2, 0.25) is 0 Å². The highest BCUT2D eigenvalue weighted by Gasteiger charge is 2.47. The van der Waals surface area contributed by atoms with Gasteiger partial charge in [0.15, 0.2) is 0 Å². The summed E-state index contributed by atoms with van der Waals surface area (Å²) in [5, 5.41) is 23.4. The molecule has 3 fully saturated rings. The van der Waals surface area contributed by atoms with Crippen molar-refractivity contribution < 1.29 is 67.4 Å². The highest BCUT2D eigenvalue weighted by atomic mass is 16.6. The molecule has 15 atom stereocenters. The fourth-order valence-electron chi connectivity index (χ4n) is 13.1. The second kappa shape index (κ2) is 37.2. The Balaban J connectivity index is 2.33. The molecule has 3 heterocycles. The van der Waals surface area contributed by atoms with E-state index in [-0.39, 0.29) is 62.2 Å². The van der Waals surface area contributed by atoms with E-state index < -0.39 is 161 Å². The van der Waals surface area contributed by atoms with Crippen LogP contribution in [-0.2, 0) is 57.5 Å². The van der Waals surface area contributed by atoms with Gasteiger partial charge in [0, 0.05) is 69.0 Å². The molecule has 3 rings (SSSR count). The van der Waals surface area contributed by atoms with Crippen LogP contribution < -0.4 is 21.3 Å². The van der Waals surface area contributed by atoms with Crippen molar-refractivity contribution in [3.63, 3.8) is 0 Å². The molecule has 96 heavy (non-hydrogen) atoms. The normalized spacial score (nSPS) is 28.7. The van der Waals surface area contributed by atoms with Gasteiger partial charge in [-0.2, -0.15) is 0 Å². The maximum atomic E-state index is 15.3. The molecular formula is C69H121N13O14. The van der Waals surface area contributed by atoms with Crippen molar-refractivity contribution in [2.75, 3.05) is 82.1 Å². The highest BCUT2D eigenvalue weighted by molar-refractivity contribution is 6.00. The van der Waals surface area contributed by atoms with Gasteiger partial charge in [0.25, 0.3) is 0 Å². The number of carbonyl (C=O) groups excluding carboxylic acids is 12. The summed E-state index contributed by atoms with van der Waals surface area (Å²) in [6.07, 6.45) is 2.72. The van der Waals surface area contributed by atoms with Crippen LogP contribution in [-0.4, -0.2) is 281 Å². The maximum Gasteiger partial charge on any atom is 0.410 e. The number of amides is 12. The van der Waals surface area contributed by atoms with Gasteiger partial charge in [-0.1, -0.05) is 102 Å². The lowest BCUT2D eigenvalue weighted by Crippen LogP contribution is -2.64. The summed E-state index contributed by atoms with van der Waals surface area (Å²) in [7, 11) is 9.94. The summed E-state index contributed by atoms with van der Waals surface area (Å²) in [6, 6.07) is -14.2. The summed E-state index contributed by atoms with van der Waals surface area (Å²) >= 11 is 0. The number of nitrogens with one attached hydrogen (secondary N) is 4. The Labute approximate surface area is 572 Å². The van der Waals surface area contributed by atoms with Crippen molar-refractivity contribution >= 4 is 71.1 Å². The Hall–Kier alpha value is -6.90. The third kappa shape index (κ3) is 21.3. The molecule has 0 bridgehead atoms. The van der Waals surface area contributed by atoms with Gasteiger partial charge in [-0.05, 0) is 114 Å². The zero-order chi connectivity index (χ0) is 73.4. The van der Waals surface area contributed by atoms with Gasteiger partial charge in [0.2, 0.25) is 65.0 Å². The predicted octanol–water partition coefficient (Wildman–Crippen LogP) is 2.77. The molecule has 0 saturated carbocycles. The smallest absolute Gasteiger partial charge is 0.410 e. The molecular weight excluding hydrogens is 1230 g/mol. The van der Waals surface area contributed by atoms with E-state index in [2.05, 4.69) is 26.2 Å². The molecule has 0 spiro atoms. The zero-order valence-electron chi connectivity index (χ0n) is 62.3. The third-order valence-electron chi connectivity index (χ3n) is 19.4. The lowest BCUT2D eigenvalue weighted by atomic mass is 9.91. The molecule has 0 aromatic rings. The summed E-state index contributed by atoms with van der Waals surface area (Å²) in [4.78, 5) is 189. The van der Waals surface area contributed by atoms with Gasteiger partial charge >= 0.3 is 6.09 Å². The molecule has 27 heteroatoms. The lowest BCUT2D eigenvalue weighted by molar-refractivity contribution is -0.157. The van der Waals surface area contributed by atoms with Gasteiger partial charge in [0.05, 0.1) is 12.1 Å². The number of aliphatic hydroxyl groups is 1.